The Balaban J connectivity index is 1.90. The maximum absolute atomic E-state index is 12.4. The minimum Gasteiger partial charge on any atom is -0.494 e. The first-order valence-corrected chi connectivity index (χ1v) is 9.94. The normalized spacial score (nSPS) is 10.2. The molecule has 0 atom stereocenters. The van der Waals surface area contributed by atoms with E-state index in [4.69, 9.17) is 31.2 Å². The highest BCUT2D eigenvalue weighted by Crippen LogP contribution is 2.38. The minimum atomic E-state index is -0.522. The summed E-state index contributed by atoms with van der Waals surface area (Å²) in [6.07, 6.45) is 2.95. The molecular formula is C22H25N3O6S. The van der Waals surface area contributed by atoms with Gasteiger partial charge in [-0.3, -0.25) is 25.8 Å². The Labute approximate surface area is 191 Å². The predicted octanol–water partition coefficient (Wildman–Crippen LogP) is 2.46. The maximum atomic E-state index is 12.4. The van der Waals surface area contributed by atoms with Gasteiger partial charge in [-0.2, -0.15) is 0 Å². The van der Waals surface area contributed by atoms with E-state index < -0.39 is 11.8 Å². The maximum Gasteiger partial charge on any atom is 0.269 e. The highest BCUT2D eigenvalue weighted by atomic mass is 32.1. The van der Waals surface area contributed by atoms with E-state index in [1.54, 1.807) is 6.08 Å². The summed E-state index contributed by atoms with van der Waals surface area (Å²) in [5, 5.41) is 2.36. The minimum absolute atomic E-state index is 0.0767. The van der Waals surface area contributed by atoms with E-state index in [1.165, 1.54) is 39.5 Å². The second kappa shape index (κ2) is 12.2. The summed E-state index contributed by atoms with van der Waals surface area (Å²) in [6.45, 7) is 2.49. The molecule has 10 heteroatoms. The molecule has 0 radical (unpaired) electrons. The molecule has 2 aromatic carbocycles. The van der Waals surface area contributed by atoms with Gasteiger partial charge >= 0.3 is 0 Å². The molecular weight excluding hydrogens is 434 g/mol. The molecule has 0 heterocycles. The van der Waals surface area contributed by atoms with Crippen LogP contribution in [0.1, 0.15) is 22.8 Å². The van der Waals surface area contributed by atoms with Gasteiger partial charge in [-0.05, 0) is 55.0 Å². The SMILES string of the molecule is CCOc1ccc(/C=C/C(=O)NC(=S)NNC(=O)c2cc(OC)c(OC)c(OC)c2)cc1. The smallest absolute Gasteiger partial charge is 0.269 e. The molecule has 0 aliphatic carbocycles. The summed E-state index contributed by atoms with van der Waals surface area (Å²) < 4.78 is 21.1. The number of hydrazine groups is 1. The van der Waals surface area contributed by atoms with Crippen LogP contribution in [0.3, 0.4) is 0 Å². The Morgan fingerprint density at radius 2 is 1.59 bits per heavy atom. The number of carbonyl (C=O) groups excluding carboxylic acids is 2. The largest absolute Gasteiger partial charge is 0.494 e. The van der Waals surface area contributed by atoms with Crippen molar-refractivity contribution in [1.29, 1.82) is 0 Å². The molecule has 0 saturated heterocycles. The number of ether oxygens (including phenoxy) is 4. The van der Waals surface area contributed by atoms with E-state index in [-0.39, 0.29) is 10.7 Å². The lowest BCUT2D eigenvalue weighted by atomic mass is 10.1. The lowest BCUT2D eigenvalue weighted by Crippen LogP contribution is -2.48. The van der Waals surface area contributed by atoms with Crippen molar-refractivity contribution in [2.75, 3.05) is 27.9 Å². The van der Waals surface area contributed by atoms with E-state index >= 15 is 0 Å². The number of hydrogen-bond acceptors (Lipinski definition) is 7. The molecule has 2 aromatic rings. The first-order valence-electron chi connectivity index (χ1n) is 9.54. The average molecular weight is 460 g/mol. The number of benzene rings is 2. The van der Waals surface area contributed by atoms with Crippen LogP contribution in [-0.2, 0) is 4.79 Å². The number of rotatable bonds is 8. The van der Waals surface area contributed by atoms with Gasteiger partial charge in [0.15, 0.2) is 16.6 Å². The van der Waals surface area contributed by atoms with Gasteiger partial charge in [0.1, 0.15) is 5.75 Å². The van der Waals surface area contributed by atoms with E-state index in [1.807, 2.05) is 31.2 Å². The number of nitrogens with one attached hydrogen (secondary N) is 3. The molecule has 3 N–H and O–H groups in total. The highest BCUT2D eigenvalue weighted by molar-refractivity contribution is 7.80. The third-order valence-electron chi connectivity index (χ3n) is 4.07. The van der Waals surface area contributed by atoms with E-state index in [2.05, 4.69) is 16.2 Å². The van der Waals surface area contributed by atoms with E-state index in [9.17, 15) is 9.59 Å². The monoisotopic (exact) mass is 459 g/mol. The van der Waals surface area contributed by atoms with Gasteiger partial charge in [0.25, 0.3) is 5.91 Å². The topological polar surface area (TPSA) is 107 Å². The predicted molar refractivity (Wildman–Crippen MR) is 124 cm³/mol. The van der Waals surface area contributed by atoms with Crippen LogP contribution in [0, 0.1) is 0 Å². The molecule has 0 bridgehead atoms. The molecule has 0 saturated carbocycles. The number of methoxy groups -OCH3 is 3. The van der Waals surface area contributed by atoms with Crippen molar-refractivity contribution in [1.82, 2.24) is 16.2 Å². The molecule has 0 fully saturated rings. The Bertz CT molecular complexity index is 967. The molecule has 0 spiro atoms. The fraction of sp³-hybridized carbons (Fsp3) is 0.227. The van der Waals surface area contributed by atoms with Gasteiger partial charge in [0, 0.05) is 11.6 Å². The molecule has 0 unspecified atom stereocenters. The Hall–Kier alpha value is -3.79. The van der Waals surface area contributed by atoms with Crippen LogP contribution in [0.15, 0.2) is 42.5 Å². The molecule has 170 valence electrons. The highest BCUT2D eigenvalue weighted by Gasteiger charge is 2.17. The van der Waals surface area contributed by atoms with Crippen molar-refractivity contribution >= 4 is 35.2 Å². The van der Waals surface area contributed by atoms with Crippen molar-refractivity contribution in [3.63, 3.8) is 0 Å². The van der Waals surface area contributed by atoms with Crippen molar-refractivity contribution in [3.05, 3.63) is 53.6 Å². The molecule has 0 aliphatic heterocycles. The van der Waals surface area contributed by atoms with Crippen molar-refractivity contribution in [3.8, 4) is 23.0 Å². The summed E-state index contributed by atoms with van der Waals surface area (Å²) in [5.41, 5.74) is 5.92. The van der Waals surface area contributed by atoms with E-state index in [0.29, 0.717) is 23.9 Å². The number of carbonyl (C=O) groups is 2. The lowest BCUT2D eigenvalue weighted by molar-refractivity contribution is -0.115. The van der Waals surface area contributed by atoms with Crippen LogP contribution in [0.25, 0.3) is 6.08 Å². The first-order chi connectivity index (χ1) is 15.4. The molecule has 2 amide bonds. The molecule has 0 aliphatic rings. The molecule has 9 nitrogen and oxygen atoms in total. The zero-order valence-electron chi connectivity index (χ0n) is 18.2. The number of thiocarbonyl (C=S) groups is 1. The Kier molecular flexibility index (Phi) is 9.30. The average Bonchev–Trinajstić information content (AvgIpc) is 2.81. The summed E-state index contributed by atoms with van der Waals surface area (Å²) in [7, 11) is 4.36. The molecule has 32 heavy (non-hydrogen) atoms. The fourth-order valence-corrected chi connectivity index (χ4v) is 2.75. The van der Waals surface area contributed by atoms with Gasteiger partial charge < -0.3 is 18.9 Å². The van der Waals surface area contributed by atoms with Crippen LogP contribution in [-0.4, -0.2) is 44.9 Å². The van der Waals surface area contributed by atoms with Gasteiger partial charge in [0.05, 0.1) is 27.9 Å². The van der Waals surface area contributed by atoms with E-state index in [0.717, 1.165) is 11.3 Å². The zero-order chi connectivity index (χ0) is 23.5. The Morgan fingerprint density at radius 3 is 2.12 bits per heavy atom. The Morgan fingerprint density at radius 1 is 0.969 bits per heavy atom. The van der Waals surface area contributed by atoms with Crippen molar-refractivity contribution in [2.24, 2.45) is 0 Å². The van der Waals surface area contributed by atoms with Gasteiger partial charge in [0.2, 0.25) is 11.7 Å². The van der Waals surface area contributed by atoms with Crippen molar-refractivity contribution in [2.45, 2.75) is 6.92 Å². The molecule has 0 aromatic heterocycles. The molecule has 2 rings (SSSR count). The quantitative estimate of drug-likeness (QED) is 0.314. The van der Waals surface area contributed by atoms with Gasteiger partial charge in [-0.25, -0.2) is 0 Å². The summed E-state index contributed by atoms with van der Waals surface area (Å²) in [5.74, 6) is 0.785. The van der Waals surface area contributed by atoms with Crippen molar-refractivity contribution < 1.29 is 28.5 Å². The van der Waals surface area contributed by atoms with Crippen LogP contribution in [0.4, 0.5) is 0 Å². The van der Waals surface area contributed by atoms with Gasteiger partial charge in [-0.1, -0.05) is 12.1 Å². The lowest BCUT2D eigenvalue weighted by Gasteiger charge is -2.14. The number of amides is 2. The van der Waals surface area contributed by atoms with Gasteiger partial charge in [-0.15, -0.1) is 0 Å². The first kappa shape index (κ1) is 24.5. The zero-order valence-corrected chi connectivity index (χ0v) is 19.0. The summed E-state index contributed by atoms with van der Waals surface area (Å²) in [6, 6.07) is 10.2. The van der Waals surface area contributed by atoms with Crippen LogP contribution in [0.2, 0.25) is 0 Å². The van der Waals surface area contributed by atoms with Crippen LogP contribution in [0.5, 0.6) is 23.0 Å². The second-order valence-electron chi connectivity index (χ2n) is 6.15. The summed E-state index contributed by atoms with van der Waals surface area (Å²) >= 11 is 5.03. The number of hydrogen-bond donors (Lipinski definition) is 3. The van der Waals surface area contributed by atoms with Crippen LogP contribution >= 0.6 is 12.2 Å². The fourth-order valence-electron chi connectivity index (χ4n) is 2.60. The summed E-state index contributed by atoms with van der Waals surface area (Å²) in [4.78, 5) is 24.5. The third kappa shape index (κ3) is 6.88. The third-order valence-corrected chi connectivity index (χ3v) is 4.28. The second-order valence-corrected chi connectivity index (χ2v) is 6.56. The standard InChI is InChI=1S/C22H25N3O6S/c1-5-31-16-9-6-14(7-10-16)8-11-19(26)23-22(32)25-24-21(27)15-12-17(28-2)20(30-4)18(13-15)29-3/h6-13H,5H2,1-4H3,(H,24,27)(H2,23,25,26,32)/b11-8+. The van der Waals surface area contributed by atoms with Crippen LogP contribution < -0.4 is 35.1 Å².